The highest BCUT2D eigenvalue weighted by molar-refractivity contribution is 7.92. The Labute approximate surface area is 174 Å². The number of anilines is 1. The molecule has 30 heavy (non-hydrogen) atoms. The number of amides is 1. The summed E-state index contributed by atoms with van der Waals surface area (Å²) in [6, 6.07) is 9.80. The van der Waals surface area contributed by atoms with Gasteiger partial charge in [-0.25, -0.2) is 12.8 Å². The number of benzene rings is 2. The SMILES string of the molecule is CCn1cnnc1CCNC(=O)c1ccccc1NS(=O)(=O)c1ccc(F)c(C)c1. The highest BCUT2D eigenvalue weighted by Gasteiger charge is 2.19. The highest BCUT2D eigenvalue weighted by atomic mass is 32.2. The topological polar surface area (TPSA) is 106 Å². The van der Waals surface area contributed by atoms with Crippen molar-refractivity contribution in [2.45, 2.75) is 31.7 Å². The zero-order valence-corrected chi connectivity index (χ0v) is 17.4. The largest absolute Gasteiger partial charge is 0.352 e. The Hall–Kier alpha value is -3.27. The zero-order valence-electron chi connectivity index (χ0n) is 16.6. The number of carbonyl (C=O) groups is 1. The number of halogens is 1. The lowest BCUT2D eigenvalue weighted by atomic mass is 10.1. The molecule has 3 rings (SSSR count). The Kier molecular flexibility index (Phi) is 6.46. The molecule has 0 bridgehead atoms. The number of rotatable bonds is 8. The van der Waals surface area contributed by atoms with E-state index in [9.17, 15) is 17.6 Å². The predicted molar refractivity (Wildman–Crippen MR) is 110 cm³/mol. The maximum atomic E-state index is 13.5. The first kappa shape index (κ1) is 21.4. The lowest BCUT2D eigenvalue weighted by Gasteiger charge is -2.13. The normalized spacial score (nSPS) is 11.3. The molecule has 0 atom stereocenters. The summed E-state index contributed by atoms with van der Waals surface area (Å²) in [4.78, 5) is 12.5. The Bertz CT molecular complexity index is 1160. The van der Waals surface area contributed by atoms with Gasteiger partial charge in [0.05, 0.1) is 16.1 Å². The van der Waals surface area contributed by atoms with E-state index < -0.39 is 21.7 Å². The molecule has 1 aromatic heterocycles. The van der Waals surface area contributed by atoms with Crippen molar-refractivity contribution in [2.24, 2.45) is 0 Å². The van der Waals surface area contributed by atoms with Crippen LogP contribution in [0.5, 0.6) is 0 Å². The minimum absolute atomic E-state index is 0.0875. The van der Waals surface area contributed by atoms with Gasteiger partial charge in [0.15, 0.2) is 0 Å². The quantitative estimate of drug-likeness (QED) is 0.570. The standard InChI is InChI=1S/C20H22FN5O3S/c1-3-26-13-23-24-19(26)10-11-22-20(27)16-6-4-5-7-18(16)25-30(28,29)15-8-9-17(21)14(2)12-15/h4-9,12-13,25H,3,10-11H2,1-2H3,(H,22,27). The Morgan fingerprint density at radius 3 is 2.70 bits per heavy atom. The number of sulfonamides is 1. The first-order valence-electron chi connectivity index (χ1n) is 9.34. The van der Waals surface area contributed by atoms with Crippen LogP contribution in [0.25, 0.3) is 0 Å². The molecule has 2 aromatic carbocycles. The van der Waals surface area contributed by atoms with E-state index in [2.05, 4.69) is 20.2 Å². The van der Waals surface area contributed by atoms with Gasteiger partial charge in [-0.15, -0.1) is 10.2 Å². The average Bonchev–Trinajstić information content (AvgIpc) is 3.17. The number of hydrogen-bond acceptors (Lipinski definition) is 5. The molecule has 0 radical (unpaired) electrons. The van der Waals surface area contributed by atoms with Crippen LogP contribution in [0.4, 0.5) is 10.1 Å². The molecule has 0 spiro atoms. The summed E-state index contributed by atoms with van der Waals surface area (Å²) < 4.78 is 43.2. The first-order chi connectivity index (χ1) is 14.3. The third-order valence-corrected chi connectivity index (χ3v) is 5.89. The number of carbonyl (C=O) groups excluding carboxylic acids is 1. The van der Waals surface area contributed by atoms with Gasteiger partial charge in [0.2, 0.25) is 0 Å². The summed E-state index contributed by atoms with van der Waals surface area (Å²) in [5, 5.41) is 10.6. The molecule has 2 N–H and O–H groups in total. The van der Waals surface area contributed by atoms with Gasteiger partial charge < -0.3 is 9.88 Å². The highest BCUT2D eigenvalue weighted by Crippen LogP contribution is 2.21. The molecule has 0 aliphatic carbocycles. The van der Waals surface area contributed by atoms with E-state index in [1.807, 2.05) is 11.5 Å². The summed E-state index contributed by atoms with van der Waals surface area (Å²) in [6.07, 6.45) is 2.11. The van der Waals surface area contributed by atoms with E-state index in [1.54, 1.807) is 18.5 Å². The molecule has 3 aromatic rings. The molecule has 10 heteroatoms. The van der Waals surface area contributed by atoms with Crippen LogP contribution in [0.15, 0.2) is 53.7 Å². The monoisotopic (exact) mass is 431 g/mol. The van der Waals surface area contributed by atoms with Gasteiger partial charge in [0, 0.05) is 19.5 Å². The van der Waals surface area contributed by atoms with Crippen LogP contribution >= 0.6 is 0 Å². The molecule has 0 unspecified atom stereocenters. The van der Waals surface area contributed by atoms with Crippen molar-refractivity contribution < 1.29 is 17.6 Å². The van der Waals surface area contributed by atoms with E-state index >= 15 is 0 Å². The third-order valence-electron chi connectivity index (χ3n) is 4.53. The molecular formula is C20H22FN5O3S. The van der Waals surface area contributed by atoms with Crippen LogP contribution in [0.1, 0.15) is 28.7 Å². The number of aryl methyl sites for hydroxylation is 2. The van der Waals surface area contributed by atoms with Crippen LogP contribution in [-0.4, -0.2) is 35.6 Å². The van der Waals surface area contributed by atoms with Crippen LogP contribution in [0, 0.1) is 12.7 Å². The Morgan fingerprint density at radius 1 is 1.20 bits per heavy atom. The van der Waals surface area contributed by atoms with Gasteiger partial charge >= 0.3 is 0 Å². The molecule has 1 heterocycles. The molecule has 0 saturated heterocycles. The third kappa shape index (κ3) is 4.82. The van der Waals surface area contributed by atoms with E-state index in [0.29, 0.717) is 13.0 Å². The van der Waals surface area contributed by atoms with E-state index in [1.165, 1.54) is 31.2 Å². The zero-order chi connectivity index (χ0) is 21.7. The summed E-state index contributed by atoms with van der Waals surface area (Å²) in [7, 11) is -3.99. The minimum Gasteiger partial charge on any atom is -0.352 e. The molecule has 158 valence electrons. The molecular weight excluding hydrogens is 409 g/mol. The van der Waals surface area contributed by atoms with Crippen molar-refractivity contribution in [3.05, 3.63) is 71.6 Å². The van der Waals surface area contributed by atoms with E-state index in [4.69, 9.17) is 0 Å². The second-order valence-corrected chi connectivity index (χ2v) is 8.28. The number of hydrogen-bond donors (Lipinski definition) is 2. The smallest absolute Gasteiger partial charge is 0.261 e. The van der Waals surface area contributed by atoms with Gasteiger partial charge in [-0.3, -0.25) is 9.52 Å². The Balaban J connectivity index is 1.73. The van der Waals surface area contributed by atoms with Crippen molar-refractivity contribution in [3.63, 3.8) is 0 Å². The minimum atomic E-state index is -3.99. The van der Waals surface area contributed by atoms with E-state index in [0.717, 1.165) is 18.4 Å². The maximum Gasteiger partial charge on any atom is 0.261 e. The predicted octanol–water partition coefficient (Wildman–Crippen LogP) is 2.52. The van der Waals surface area contributed by atoms with Gasteiger partial charge in [-0.05, 0) is 49.7 Å². The summed E-state index contributed by atoms with van der Waals surface area (Å²) in [5.74, 6) is -0.169. The number of nitrogens with zero attached hydrogens (tertiary/aromatic N) is 3. The molecule has 0 aliphatic rings. The number of aromatic nitrogens is 3. The molecule has 0 fully saturated rings. The van der Waals surface area contributed by atoms with Crippen molar-refractivity contribution in [1.82, 2.24) is 20.1 Å². The summed E-state index contributed by atoms with van der Waals surface area (Å²) >= 11 is 0. The lowest BCUT2D eigenvalue weighted by Crippen LogP contribution is -2.28. The molecule has 0 saturated carbocycles. The van der Waals surface area contributed by atoms with Crippen molar-refractivity contribution in [1.29, 1.82) is 0 Å². The summed E-state index contributed by atoms with van der Waals surface area (Å²) in [5.41, 5.74) is 0.523. The number of nitrogens with one attached hydrogen (secondary N) is 2. The van der Waals surface area contributed by atoms with Gasteiger partial charge in [0.1, 0.15) is 18.0 Å². The van der Waals surface area contributed by atoms with Gasteiger partial charge in [-0.2, -0.15) is 0 Å². The van der Waals surface area contributed by atoms with Gasteiger partial charge in [0.25, 0.3) is 15.9 Å². The van der Waals surface area contributed by atoms with Gasteiger partial charge in [-0.1, -0.05) is 12.1 Å². The van der Waals surface area contributed by atoms with Crippen LogP contribution in [0.2, 0.25) is 0 Å². The second kappa shape index (κ2) is 9.04. The molecule has 1 amide bonds. The fraction of sp³-hybridized carbons (Fsp3) is 0.250. The Morgan fingerprint density at radius 2 is 1.97 bits per heavy atom. The van der Waals surface area contributed by atoms with Crippen LogP contribution in [-0.2, 0) is 23.0 Å². The molecule has 8 nitrogen and oxygen atoms in total. The maximum absolute atomic E-state index is 13.5. The average molecular weight is 431 g/mol. The van der Waals surface area contributed by atoms with Crippen molar-refractivity contribution in [3.8, 4) is 0 Å². The van der Waals surface area contributed by atoms with Crippen LogP contribution < -0.4 is 10.0 Å². The summed E-state index contributed by atoms with van der Waals surface area (Å²) in [6.45, 7) is 4.49. The first-order valence-corrected chi connectivity index (χ1v) is 10.8. The van der Waals surface area contributed by atoms with Crippen molar-refractivity contribution >= 4 is 21.6 Å². The second-order valence-electron chi connectivity index (χ2n) is 6.60. The lowest BCUT2D eigenvalue weighted by molar-refractivity contribution is 0.0954. The van der Waals surface area contributed by atoms with Crippen molar-refractivity contribution in [2.75, 3.05) is 11.3 Å². The molecule has 0 aliphatic heterocycles. The van der Waals surface area contributed by atoms with E-state index in [-0.39, 0.29) is 21.7 Å². The fourth-order valence-corrected chi connectivity index (χ4v) is 4.04. The van der Waals surface area contributed by atoms with Crippen LogP contribution in [0.3, 0.4) is 0 Å². The number of para-hydroxylation sites is 1. The fourth-order valence-electron chi connectivity index (χ4n) is 2.88.